The predicted octanol–water partition coefficient (Wildman–Crippen LogP) is 2.06. The Kier molecular flexibility index (Phi) is 3.81. The third-order valence-electron chi connectivity index (χ3n) is 2.76. The first-order valence-electron chi connectivity index (χ1n) is 5.21. The SMILES string of the molecule is Cc1nc(N2CCN(C)CC2)c(Br)nc1Br. The van der Waals surface area contributed by atoms with E-state index in [4.69, 9.17) is 0 Å². The van der Waals surface area contributed by atoms with E-state index in [0.29, 0.717) is 0 Å². The number of hydrogen-bond acceptors (Lipinski definition) is 4. The first-order valence-corrected chi connectivity index (χ1v) is 6.79. The van der Waals surface area contributed by atoms with Gasteiger partial charge in [0.25, 0.3) is 0 Å². The van der Waals surface area contributed by atoms with E-state index in [9.17, 15) is 0 Å². The number of hydrogen-bond donors (Lipinski definition) is 0. The molecule has 2 rings (SSSR count). The van der Waals surface area contributed by atoms with Gasteiger partial charge in [-0.05, 0) is 45.8 Å². The number of rotatable bonds is 1. The van der Waals surface area contributed by atoms with E-state index in [0.717, 1.165) is 46.9 Å². The molecule has 6 heteroatoms. The van der Waals surface area contributed by atoms with Crippen molar-refractivity contribution in [1.82, 2.24) is 14.9 Å². The van der Waals surface area contributed by atoms with Crippen molar-refractivity contribution in [2.24, 2.45) is 0 Å². The van der Waals surface area contributed by atoms with E-state index < -0.39 is 0 Å². The zero-order valence-electron chi connectivity index (χ0n) is 9.37. The van der Waals surface area contributed by atoms with Gasteiger partial charge in [-0.3, -0.25) is 0 Å². The molecular formula is C10H14Br2N4. The van der Waals surface area contributed by atoms with Gasteiger partial charge >= 0.3 is 0 Å². The second-order valence-electron chi connectivity index (χ2n) is 4.00. The molecule has 1 aromatic rings. The number of nitrogens with zero attached hydrogens (tertiary/aromatic N) is 4. The van der Waals surface area contributed by atoms with Crippen LogP contribution in [-0.2, 0) is 0 Å². The lowest BCUT2D eigenvalue weighted by molar-refractivity contribution is 0.311. The van der Waals surface area contributed by atoms with Gasteiger partial charge in [0.15, 0.2) is 5.82 Å². The molecule has 0 aromatic carbocycles. The van der Waals surface area contributed by atoms with Crippen molar-refractivity contribution in [3.8, 4) is 0 Å². The Morgan fingerprint density at radius 1 is 1.00 bits per heavy atom. The van der Waals surface area contributed by atoms with Gasteiger partial charge in [0.05, 0.1) is 5.69 Å². The van der Waals surface area contributed by atoms with Crippen LogP contribution in [0.25, 0.3) is 0 Å². The molecule has 1 saturated heterocycles. The lowest BCUT2D eigenvalue weighted by Gasteiger charge is -2.33. The Labute approximate surface area is 112 Å². The van der Waals surface area contributed by atoms with Crippen LogP contribution >= 0.6 is 31.9 Å². The molecule has 1 aliphatic rings. The Balaban J connectivity index is 2.23. The predicted molar refractivity (Wildman–Crippen MR) is 71.9 cm³/mol. The van der Waals surface area contributed by atoms with Crippen LogP contribution in [0.5, 0.6) is 0 Å². The fraction of sp³-hybridized carbons (Fsp3) is 0.600. The molecule has 0 unspecified atom stereocenters. The van der Waals surface area contributed by atoms with Crippen molar-refractivity contribution in [3.63, 3.8) is 0 Å². The summed E-state index contributed by atoms with van der Waals surface area (Å²) < 4.78 is 1.62. The maximum absolute atomic E-state index is 4.57. The van der Waals surface area contributed by atoms with Crippen LogP contribution in [-0.4, -0.2) is 48.1 Å². The number of anilines is 1. The maximum atomic E-state index is 4.57. The van der Waals surface area contributed by atoms with Crippen LogP contribution < -0.4 is 4.90 Å². The van der Waals surface area contributed by atoms with E-state index >= 15 is 0 Å². The average Bonchev–Trinajstić information content (AvgIpc) is 2.25. The van der Waals surface area contributed by atoms with Crippen molar-refractivity contribution in [3.05, 3.63) is 14.9 Å². The maximum Gasteiger partial charge on any atom is 0.162 e. The van der Waals surface area contributed by atoms with Crippen LogP contribution in [0.15, 0.2) is 9.21 Å². The summed E-state index contributed by atoms with van der Waals surface area (Å²) in [7, 11) is 2.14. The van der Waals surface area contributed by atoms with Gasteiger partial charge in [0, 0.05) is 26.2 Å². The number of aromatic nitrogens is 2. The van der Waals surface area contributed by atoms with Gasteiger partial charge in [-0.1, -0.05) is 0 Å². The number of halogens is 2. The average molecular weight is 350 g/mol. The summed E-state index contributed by atoms with van der Waals surface area (Å²) in [6.07, 6.45) is 0. The monoisotopic (exact) mass is 348 g/mol. The smallest absolute Gasteiger partial charge is 0.162 e. The molecule has 0 radical (unpaired) electrons. The molecular weight excluding hydrogens is 336 g/mol. The second-order valence-corrected chi connectivity index (χ2v) is 5.51. The molecule has 0 saturated carbocycles. The molecule has 2 heterocycles. The highest BCUT2D eigenvalue weighted by Gasteiger charge is 2.19. The summed E-state index contributed by atoms with van der Waals surface area (Å²) >= 11 is 6.86. The summed E-state index contributed by atoms with van der Waals surface area (Å²) in [4.78, 5) is 13.6. The molecule has 1 aliphatic heterocycles. The van der Waals surface area contributed by atoms with Crippen molar-refractivity contribution < 1.29 is 0 Å². The van der Waals surface area contributed by atoms with Crippen molar-refractivity contribution >= 4 is 37.7 Å². The minimum atomic E-state index is 0.803. The lowest BCUT2D eigenvalue weighted by atomic mass is 10.3. The zero-order valence-corrected chi connectivity index (χ0v) is 12.5. The van der Waals surface area contributed by atoms with Gasteiger partial charge in [-0.25, -0.2) is 9.97 Å². The van der Waals surface area contributed by atoms with Gasteiger partial charge in [-0.15, -0.1) is 0 Å². The first kappa shape index (κ1) is 12.3. The van der Waals surface area contributed by atoms with Gasteiger partial charge in [-0.2, -0.15) is 0 Å². The zero-order chi connectivity index (χ0) is 11.7. The van der Waals surface area contributed by atoms with Crippen LogP contribution in [0.2, 0.25) is 0 Å². The Hall–Kier alpha value is -0.200. The molecule has 0 atom stereocenters. The summed E-state index contributed by atoms with van der Waals surface area (Å²) in [5.41, 5.74) is 0.928. The van der Waals surface area contributed by atoms with Crippen LogP contribution in [0.3, 0.4) is 0 Å². The van der Waals surface area contributed by atoms with Gasteiger partial charge < -0.3 is 9.80 Å². The largest absolute Gasteiger partial charge is 0.352 e. The minimum absolute atomic E-state index is 0.803. The molecule has 0 amide bonds. The van der Waals surface area contributed by atoms with Crippen LogP contribution in [0.4, 0.5) is 5.82 Å². The van der Waals surface area contributed by atoms with Crippen LogP contribution in [0.1, 0.15) is 5.69 Å². The van der Waals surface area contributed by atoms with E-state index in [1.165, 1.54) is 0 Å². The molecule has 4 nitrogen and oxygen atoms in total. The number of likely N-dealkylation sites (N-methyl/N-ethyl adjacent to an activating group) is 1. The lowest BCUT2D eigenvalue weighted by Crippen LogP contribution is -2.45. The van der Waals surface area contributed by atoms with E-state index in [-0.39, 0.29) is 0 Å². The first-order chi connectivity index (χ1) is 7.58. The molecule has 16 heavy (non-hydrogen) atoms. The Bertz CT molecular complexity index is 389. The highest BCUT2D eigenvalue weighted by molar-refractivity contribution is 9.11. The van der Waals surface area contributed by atoms with Crippen LogP contribution in [0, 0.1) is 6.92 Å². The van der Waals surface area contributed by atoms with E-state index in [1.54, 1.807) is 0 Å². The molecule has 0 N–H and O–H groups in total. The number of aryl methyl sites for hydroxylation is 1. The summed E-state index contributed by atoms with van der Waals surface area (Å²) in [6, 6.07) is 0. The summed E-state index contributed by atoms with van der Waals surface area (Å²) in [6.45, 7) is 6.12. The number of piperazine rings is 1. The molecule has 1 fully saturated rings. The van der Waals surface area contributed by atoms with E-state index in [2.05, 4.69) is 58.7 Å². The fourth-order valence-corrected chi connectivity index (χ4v) is 2.71. The summed E-state index contributed by atoms with van der Waals surface area (Å²) in [5.74, 6) is 0.953. The molecule has 0 bridgehead atoms. The van der Waals surface area contributed by atoms with E-state index in [1.807, 2.05) is 6.92 Å². The van der Waals surface area contributed by atoms with Gasteiger partial charge in [0.1, 0.15) is 9.21 Å². The standard InChI is InChI=1S/C10H14Br2N4/c1-7-8(11)14-9(12)10(13-7)16-5-3-15(2)4-6-16/h3-6H2,1-2H3. The third kappa shape index (κ3) is 2.55. The molecule has 0 spiro atoms. The second kappa shape index (κ2) is 4.98. The summed E-state index contributed by atoms with van der Waals surface area (Å²) in [5, 5.41) is 0. The minimum Gasteiger partial charge on any atom is -0.352 e. The fourth-order valence-electron chi connectivity index (χ4n) is 1.69. The van der Waals surface area contributed by atoms with Gasteiger partial charge in [0.2, 0.25) is 0 Å². The molecule has 0 aliphatic carbocycles. The molecule has 1 aromatic heterocycles. The Morgan fingerprint density at radius 2 is 1.62 bits per heavy atom. The quantitative estimate of drug-likeness (QED) is 0.776. The highest BCUT2D eigenvalue weighted by atomic mass is 79.9. The Morgan fingerprint density at radius 3 is 2.25 bits per heavy atom. The van der Waals surface area contributed by atoms with Crippen molar-refractivity contribution in [2.45, 2.75) is 6.92 Å². The molecule has 88 valence electrons. The topological polar surface area (TPSA) is 32.3 Å². The highest BCUT2D eigenvalue weighted by Crippen LogP contribution is 2.26. The van der Waals surface area contributed by atoms with Crippen molar-refractivity contribution in [1.29, 1.82) is 0 Å². The van der Waals surface area contributed by atoms with Crippen molar-refractivity contribution in [2.75, 3.05) is 38.1 Å². The third-order valence-corrected chi connectivity index (χ3v) is 4.04. The normalized spacial score (nSPS) is 17.9.